The first kappa shape index (κ1) is 27.9. The number of anilines is 2. The molecule has 0 aliphatic heterocycles. The van der Waals surface area contributed by atoms with E-state index in [4.69, 9.17) is 21.1 Å². The second-order valence-electron chi connectivity index (χ2n) is 7.46. The summed E-state index contributed by atoms with van der Waals surface area (Å²) in [6.45, 7) is 1.57. The number of hydrazone groups is 1. The summed E-state index contributed by atoms with van der Waals surface area (Å²) < 4.78 is 25.3. The van der Waals surface area contributed by atoms with E-state index in [1.54, 1.807) is 30.3 Å². The average Bonchev–Trinajstić information content (AvgIpc) is 2.86. The van der Waals surface area contributed by atoms with E-state index < -0.39 is 17.6 Å². The van der Waals surface area contributed by atoms with Gasteiger partial charge in [0.2, 0.25) is 0 Å². The number of aryl methyl sites for hydroxylation is 1. The summed E-state index contributed by atoms with van der Waals surface area (Å²) >= 11 is 7.99. The van der Waals surface area contributed by atoms with Crippen LogP contribution in [-0.2, 0) is 14.4 Å². The highest BCUT2D eigenvalue weighted by atomic mass is 127. The molecule has 0 bridgehead atoms. The molecular formula is C25H21ClFIN4O5. The van der Waals surface area contributed by atoms with E-state index in [1.165, 1.54) is 31.5 Å². The Morgan fingerprint density at radius 3 is 2.54 bits per heavy atom. The van der Waals surface area contributed by atoms with E-state index in [0.717, 1.165) is 11.6 Å². The second kappa shape index (κ2) is 13.0. The smallest absolute Gasteiger partial charge is 0.329 e. The molecule has 0 atom stereocenters. The summed E-state index contributed by atoms with van der Waals surface area (Å²) in [6, 6.07) is 13.9. The van der Waals surface area contributed by atoms with E-state index >= 15 is 0 Å². The fourth-order valence-corrected chi connectivity index (χ4v) is 3.92. The highest BCUT2D eigenvalue weighted by molar-refractivity contribution is 14.1. The van der Waals surface area contributed by atoms with Gasteiger partial charge < -0.3 is 20.1 Å². The Bertz CT molecular complexity index is 1370. The van der Waals surface area contributed by atoms with Crippen molar-refractivity contribution in [3.8, 4) is 11.5 Å². The third-order valence-electron chi connectivity index (χ3n) is 4.78. The first-order chi connectivity index (χ1) is 17.7. The first-order valence-electron chi connectivity index (χ1n) is 10.6. The Labute approximate surface area is 230 Å². The number of benzene rings is 3. The van der Waals surface area contributed by atoms with Crippen LogP contribution in [0.4, 0.5) is 15.8 Å². The quantitative estimate of drug-likeness (QED) is 0.145. The topological polar surface area (TPSA) is 118 Å². The zero-order valence-electron chi connectivity index (χ0n) is 19.6. The highest BCUT2D eigenvalue weighted by Crippen LogP contribution is 2.33. The maximum Gasteiger partial charge on any atom is 0.329 e. The van der Waals surface area contributed by atoms with Crippen LogP contribution in [0.2, 0.25) is 5.02 Å². The van der Waals surface area contributed by atoms with Crippen LogP contribution in [0.25, 0.3) is 0 Å². The minimum Gasteiger partial charge on any atom is -0.493 e. The molecule has 3 aromatic rings. The number of halogens is 3. The summed E-state index contributed by atoms with van der Waals surface area (Å²) in [5.41, 5.74) is 3.90. The molecule has 0 heterocycles. The maximum absolute atomic E-state index is 13.6. The molecule has 0 aromatic heterocycles. The highest BCUT2D eigenvalue weighted by Gasteiger charge is 2.16. The van der Waals surface area contributed by atoms with E-state index in [-0.39, 0.29) is 18.2 Å². The van der Waals surface area contributed by atoms with Crippen molar-refractivity contribution >= 4 is 69.5 Å². The molecule has 0 fully saturated rings. The number of hydrogen-bond donors (Lipinski definition) is 3. The Kier molecular flexibility index (Phi) is 9.80. The van der Waals surface area contributed by atoms with Gasteiger partial charge in [-0.25, -0.2) is 9.82 Å². The lowest BCUT2D eigenvalue weighted by Gasteiger charge is -2.14. The lowest BCUT2D eigenvalue weighted by Crippen LogP contribution is -2.32. The van der Waals surface area contributed by atoms with Gasteiger partial charge in [0, 0.05) is 10.7 Å². The van der Waals surface area contributed by atoms with Gasteiger partial charge in [-0.3, -0.25) is 14.4 Å². The van der Waals surface area contributed by atoms with E-state index in [2.05, 4.69) is 21.2 Å². The largest absolute Gasteiger partial charge is 0.493 e. The molecule has 37 heavy (non-hydrogen) atoms. The lowest BCUT2D eigenvalue weighted by atomic mass is 10.2. The minimum atomic E-state index is -1.08. The van der Waals surface area contributed by atoms with Crippen LogP contribution in [0.3, 0.4) is 0 Å². The van der Waals surface area contributed by atoms with Crippen molar-refractivity contribution in [3.63, 3.8) is 0 Å². The van der Waals surface area contributed by atoms with Crippen molar-refractivity contribution in [2.75, 3.05) is 24.4 Å². The predicted octanol–water partition coefficient (Wildman–Crippen LogP) is 4.51. The van der Waals surface area contributed by atoms with Crippen molar-refractivity contribution in [2.45, 2.75) is 6.92 Å². The van der Waals surface area contributed by atoms with Crippen LogP contribution < -0.4 is 25.5 Å². The molecule has 0 unspecified atom stereocenters. The Morgan fingerprint density at radius 2 is 1.81 bits per heavy atom. The summed E-state index contributed by atoms with van der Waals surface area (Å²) in [5, 5.41) is 9.16. The third kappa shape index (κ3) is 7.89. The van der Waals surface area contributed by atoms with Crippen molar-refractivity contribution in [2.24, 2.45) is 5.10 Å². The Balaban J connectivity index is 1.60. The number of nitrogens with one attached hydrogen (secondary N) is 3. The molecule has 3 N–H and O–H groups in total. The number of nitrogens with zero attached hydrogens (tertiary/aromatic N) is 1. The lowest BCUT2D eigenvalue weighted by molar-refractivity contribution is -0.136. The molecule has 0 saturated carbocycles. The number of carbonyl (C=O) groups excluding carboxylic acids is 3. The number of methoxy groups -OCH3 is 1. The molecule has 0 radical (unpaired) electrons. The number of rotatable bonds is 8. The summed E-state index contributed by atoms with van der Waals surface area (Å²) in [4.78, 5) is 36.3. The number of ether oxygens (including phenoxy) is 2. The average molecular weight is 639 g/mol. The van der Waals surface area contributed by atoms with Crippen LogP contribution in [0.15, 0.2) is 59.7 Å². The Hall–Kier alpha value is -3.71. The van der Waals surface area contributed by atoms with Gasteiger partial charge in [0.25, 0.3) is 5.91 Å². The molecule has 3 amide bonds. The molecule has 3 rings (SSSR count). The summed E-state index contributed by atoms with van der Waals surface area (Å²) in [6.07, 6.45) is 1.29. The van der Waals surface area contributed by atoms with Crippen molar-refractivity contribution < 1.29 is 28.2 Å². The van der Waals surface area contributed by atoms with Gasteiger partial charge in [0.15, 0.2) is 18.1 Å². The fraction of sp³-hybridized carbons (Fsp3) is 0.120. The van der Waals surface area contributed by atoms with Crippen LogP contribution >= 0.6 is 34.2 Å². The number of hydrogen-bond acceptors (Lipinski definition) is 6. The molecule has 3 aromatic carbocycles. The van der Waals surface area contributed by atoms with Crippen LogP contribution in [0.1, 0.15) is 11.1 Å². The van der Waals surface area contributed by atoms with E-state index in [0.29, 0.717) is 31.3 Å². The zero-order valence-corrected chi connectivity index (χ0v) is 22.5. The number of amides is 3. The SMILES string of the molecule is COc1cc(/C=N\NC(=O)C(=O)Nc2ccccc2F)cc(I)c1OCC(=O)Nc1cc(Cl)ccc1C. The molecule has 0 saturated heterocycles. The monoisotopic (exact) mass is 638 g/mol. The zero-order chi connectivity index (χ0) is 26.9. The summed E-state index contributed by atoms with van der Waals surface area (Å²) in [5.74, 6) is -2.56. The van der Waals surface area contributed by atoms with Gasteiger partial charge in [-0.2, -0.15) is 5.10 Å². The number of para-hydroxylation sites is 1. The molecule has 0 aliphatic rings. The molecule has 0 aliphatic carbocycles. The van der Waals surface area contributed by atoms with Crippen molar-refractivity contribution in [3.05, 3.63) is 80.1 Å². The molecule has 12 heteroatoms. The minimum absolute atomic E-state index is 0.127. The second-order valence-corrected chi connectivity index (χ2v) is 9.06. The fourth-order valence-electron chi connectivity index (χ4n) is 2.97. The van der Waals surface area contributed by atoms with Crippen LogP contribution in [0, 0.1) is 16.3 Å². The molecular weight excluding hydrogens is 618 g/mol. The van der Waals surface area contributed by atoms with Gasteiger partial charge in [0.05, 0.1) is 22.6 Å². The van der Waals surface area contributed by atoms with Crippen molar-refractivity contribution in [1.29, 1.82) is 0 Å². The normalized spacial score (nSPS) is 10.6. The van der Waals surface area contributed by atoms with Crippen LogP contribution in [-0.4, -0.2) is 37.7 Å². The molecule has 0 spiro atoms. The third-order valence-corrected chi connectivity index (χ3v) is 5.82. The van der Waals surface area contributed by atoms with E-state index in [1.807, 2.05) is 29.5 Å². The standard InChI is InChI=1S/C25H21ClFIN4O5/c1-14-7-8-16(26)11-20(14)30-22(33)13-37-23-18(28)9-15(10-21(23)36-2)12-29-32-25(35)24(34)31-19-6-4-3-5-17(19)27/h3-12H,13H2,1-2H3,(H,30,33)(H,31,34)(H,32,35)/b29-12-. The molecule has 192 valence electrons. The van der Waals surface area contributed by atoms with Gasteiger partial charge in [0.1, 0.15) is 5.82 Å². The van der Waals surface area contributed by atoms with Crippen molar-refractivity contribution in [1.82, 2.24) is 5.43 Å². The van der Waals surface area contributed by atoms with E-state index in [9.17, 15) is 18.8 Å². The van der Waals surface area contributed by atoms with Gasteiger partial charge in [-0.1, -0.05) is 29.8 Å². The van der Waals surface area contributed by atoms with Gasteiger partial charge >= 0.3 is 11.8 Å². The first-order valence-corrected chi connectivity index (χ1v) is 12.1. The Morgan fingerprint density at radius 1 is 1.05 bits per heavy atom. The maximum atomic E-state index is 13.6. The predicted molar refractivity (Wildman–Crippen MR) is 147 cm³/mol. The molecule has 9 nitrogen and oxygen atoms in total. The summed E-state index contributed by atoms with van der Waals surface area (Å²) in [7, 11) is 1.43. The van der Waals surface area contributed by atoms with Crippen LogP contribution in [0.5, 0.6) is 11.5 Å². The van der Waals surface area contributed by atoms with Gasteiger partial charge in [-0.15, -0.1) is 0 Å². The number of carbonyl (C=O) groups is 3. The van der Waals surface area contributed by atoms with Gasteiger partial charge in [-0.05, 0) is 77.0 Å².